The van der Waals surface area contributed by atoms with Crippen molar-refractivity contribution in [3.05, 3.63) is 35.4 Å². The fraction of sp³-hybridized carbons (Fsp3) is 0.571. The third-order valence-electron chi connectivity index (χ3n) is 4.58. The number of rotatable bonds is 5. The Morgan fingerprint density at radius 2 is 1.91 bits per heavy atom. The van der Waals surface area contributed by atoms with Crippen molar-refractivity contribution in [3.8, 4) is 0 Å². The molecule has 2 aliphatic rings. The molecule has 1 aliphatic carbocycles. The Morgan fingerprint density at radius 3 is 2.36 bits per heavy atom. The van der Waals surface area contributed by atoms with Gasteiger partial charge in [0.15, 0.2) is 0 Å². The summed E-state index contributed by atoms with van der Waals surface area (Å²) in [6, 6.07) is 5.41. The zero-order chi connectivity index (χ0) is 15.8. The van der Waals surface area contributed by atoms with Crippen molar-refractivity contribution in [1.29, 1.82) is 0 Å². The van der Waals surface area contributed by atoms with Crippen LogP contribution in [-0.2, 0) is 17.7 Å². The molecule has 0 unspecified atom stereocenters. The number of benzene rings is 1. The summed E-state index contributed by atoms with van der Waals surface area (Å²) in [5, 5.41) is 5.10. The fourth-order valence-electron chi connectivity index (χ4n) is 3.23. The maximum Gasteiger partial charge on any atom is 0.416 e. The van der Waals surface area contributed by atoms with Crippen molar-refractivity contribution in [2.75, 3.05) is 13.1 Å². The summed E-state index contributed by atoms with van der Waals surface area (Å²) in [7, 11) is 0. The van der Waals surface area contributed by atoms with Crippen LogP contribution in [0.15, 0.2) is 24.3 Å². The van der Waals surface area contributed by atoms with E-state index >= 15 is 0 Å². The molecule has 0 radical (unpaired) electrons. The Bertz CT molecular complexity index is 508. The van der Waals surface area contributed by atoms with Crippen molar-refractivity contribution in [2.45, 2.75) is 31.6 Å². The lowest BCUT2D eigenvalue weighted by Gasteiger charge is -2.56. The summed E-state index contributed by atoms with van der Waals surface area (Å²) >= 11 is 0. The molecule has 0 atom stereocenters. The van der Waals surface area contributed by atoms with Gasteiger partial charge in [0, 0.05) is 25.7 Å². The highest BCUT2D eigenvalue weighted by Gasteiger charge is 2.50. The zero-order valence-corrected chi connectivity index (χ0v) is 12.0. The minimum atomic E-state index is -4.31. The monoisotopic (exact) mass is 316 g/mol. The van der Waals surface area contributed by atoms with E-state index in [4.69, 9.17) is 5.90 Å². The average molecular weight is 316 g/mol. The van der Waals surface area contributed by atoms with Gasteiger partial charge in [-0.2, -0.15) is 19.1 Å². The first kappa shape index (κ1) is 15.7. The van der Waals surface area contributed by atoms with E-state index in [1.807, 2.05) is 5.01 Å². The second-order valence-electron chi connectivity index (χ2n) is 6.20. The van der Waals surface area contributed by atoms with Crippen LogP contribution in [0.4, 0.5) is 13.2 Å². The molecule has 5 nitrogen and oxygen atoms in total. The first-order valence-electron chi connectivity index (χ1n) is 7.17. The first-order chi connectivity index (χ1) is 10.4. The normalized spacial score (nSPS) is 21.0. The standard InChI is InChI=1S/C14H19F3N4O/c15-14(16,17)11-3-1-10(2-4-11)7-21(20-22-18)12-5-13(6-12)8-19-9-13/h1-4,12,19-20H,5-9,18H2. The molecule has 0 bridgehead atoms. The van der Waals surface area contributed by atoms with Gasteiger partial charge in [0.25, 0.3) is 0 Å². The van der Waals surface area contributed by atoms with Crippen LogP contribution in [0.25, 0.3) is 0 Å². The molecule has 8 heteroatoms. The van der Waals surface area contributed by atoms with Crippen molar-refractivity contribution in [2.24, 2.45) is 11.3 Å². The summed E-state index contributed by atoms with van der Waals surface area (Å²) in [6.45, 7) is 2.49. The molecule has 122 valence electrons. The van der Waals surface area contributed by atoms with E-state index in [-0.39, 0.29) is 6.04 Å². The number of nitrogens with zero attached hydrogens (tertiary/aromatic N) is 1. The van der Waals surface area contributed by atoms with Gasteiger partial charge in [0.1, 0.15) is 0 Å². The van der Waals surface area contributed by atoms with Crippen LogP contribution < -0.4 is 16.8 Å². The topological polar surface area (TPSA) is 62.6 Å². The summed E-state index contributed by atoms with van der Waals surface area (Å²) in [5.41, 5.74) is 3.14. The van der Waals surface area contributed by atoms with E-state index in [0.717, 1.165) is 43.6 Å². The van der Waals surface area contributed by atoms with E-state index in [1.165, 1.54) is 12.1 Å². The van der Waals surface area contributed by atoms with Crippen molar-refractivity contribution >= 4 is 0 Å². The molecule has 1 saturated heterocycles. The van der Waals surface area contributed by atoms with Gasteiger partial charge in [-0.15, -0.1) is 5.59 Å². The maximum atomic E-state index is 12.6. The van der Waals surface area contributed by atoms with Gasteiger partial charge in [-0.05, 0) is 36.0 Å². The molecule has 0 amide bonds. The molecule has 1 aliphatic heterocycles. The number of hydrazine groups is 1. The molecular formula is C14H19F3N4O. The van der Waals surface area contributed by atoms with Crippen LogP contribution in [0, 0.1) is 5.41 Å². The largest absolute Gasteiger partial charge is 0.416 e. The molecule has 1 aromatic rings. The van der Waals surface area contributed by atoms with Gasteiger partial charge in [0.2, 0.25) is 0 Å². The molecule has 22 heavy (non-hydrogen) atoms. The summed E-state index contributed by atoms with van der Waals surface area (Å²) < 4.78 is 37.7. The molecule has 3 rings (SSSR count). The van der Waals surface area contributed by atoms with E-state index in [0.29, 0.717) is 12.0 Å². The van der Waals surface area contributed by atoms with Gasteiger partial charge < -0.3 is 5.32 Å². The SMILES string of the molecule is NONN(Cc1ccc(C(F)(F)F)cc1)C1CC2(CNC2)C1. The first-order valence-corrected chi connectivity index (χ1v) is 7.17. The van der Waals surface area contributed by atoms with Crippen LogP contribution in [0.5, 0.6) is 0 Å². The predicted molar refractivity (Wildman–Crippen MR) is 73.7 cm³/mol. The zero-order valence-electron chi connectivity index (χ0n) is 12.0. The Labute approximate surface area is 126 Å². The highest BCUT2D eigenvalue weighted by molar-refractivity contribution is 5.24. The smallest absolute Gasteiger partial charge is 0.316 e. The van der Waals surface area contributed by atoms with Gasteiger partial charge in [0.05, 0.1) is 5.56 Å². The van der Waals surface area contributed by atoms with Crippen LogP contribution in [0.1, 0.15) is 24.0 Å². The Morgan fingerprint density at radius 1 is 1.27 bits per heavy atom. The molecule has 0 aromatic heterocycles. The Hall–Kier alpha value is -1.19. The van der Waals surface area contributed by atoms with Gasteiger partial charge in [-0.3, -0.25) is 0 Å². The molecular weight excluding hydrogens is 297 g/mol. The number of hydrogen-bond donors (Lipinski definition) is 3. The highest BCUT2D eigenvalue weighted by atomic mass is 19.4. The molecule has 1 saturated carbocycles. The van der Waals surface area contributed by atoms with Crippen LogP contribution in [-0.4, -0.2) is 24.1 Å². The summed E-state index contributed by atoms with van der Waals surface area (Å²) in [5.74, 6) is 5.08. The molecule has 1 spiro atoms. The molecule has 1 heterocycles. The van der Waals surface area contributed by atoms with Gasteiger partial charge in [-0.1, -0.05) is 12.1 Å². The quantitative estimate of drug-likeness (QED) is 0.720. The number of hydrogen-bond acceptors (Lipinski definition) is 5. The average Bonchev–Trinajstić information content (AvgIpc) is 2.35. The van der Waals surface area contributed by atoms with Crippen molar-refractivity contribution in [1.82, 2.24) is 15.9 Å². The van der Waals surface area contributed by atoms with E-state index in [1.54, 1.807) is 0 Å². The predicted octanol–water partition coefficient (Wildman–Crippen LogP) is 1.57. The second kappa shape index (κ2) is 5.78. The lowest BCUT2D eigenvalue weighted by Crippen LogP contribution is -2.66. The fourth-order valence-corrected chi connectivity index (χ4v) is 3.23. The van der Waals surface area contributed by atoms with Gasteiger partial charge >= 0.3 is 6.18 Å². The van der Waals surface area contributed by atoms with Crippen LogP contribution in [0.2, 0.25) is 0 Å². The Balaban J connectivity index is 1.61. The van der Waals surface area contributed by atoms with E-state index < -0.39 is 11.7 Å². The minimum absolute atomic E-state index is 0.271. The van der Waals surface area contributed by atoms with Crippen LogP contribution in [0.3, 0.4) is 0 Å². The lowest BCUT2D eigenvalue weighted by molar-refractivity contribution is -0.155. The number of halogens is 3. The third kappa shape index (κ3) is 3.11. The van der Waals surface area contributed by atoms with E-state index in [2.05, 4.69) is 15.8 Å². The number of alkyl halides is 3. The summed E-state index contributed by atoms with van der Waals surface area (Å²) in [4.78, 5) is 4.51. The molecule has 4 N–H and O–H groups in total. The molecule has 2 fully saturated rings. The lowest BCUT2D eigenvalue weighted by atomic mass is 9.61. The molecule has 1 aromatic carbocycles. The number of nitrogens with one attached hydrogen (secondary N) is 2. The Kier molecular flexibility index (Phi) is 4.13. The maximum absolute atomic E-state index is 12.6. The minimum Gasteiger partial charge on any atom is -0.316 e. The highest BCUT2D eigenvalue weighted by Crippen LogP contribution is 2.46. The van der Waals surface area contributed by atoms with Crippen molar-refractivity contribution < 1.29 is 18.1 Å². The second-order valence-corrected chi connectivity index (χ2v) is 6.20. The summed E-state index contributed by atoms with van der Waals surface area (Å²) in [6.07, 6.45) is -2.26. The van der Waals surface area contributed by atoms with Crippen LogP contribution >= 0.6 is 0 Å². The van der Waals surface area contributed by atoms with Crippen molar-refractivity contribution in [3.63, 3.8) is 0 Å². The third-order valence-corrected chi connectivity index (χ3v) is 4.58. The van der Waals surface area contributed by atoms with E-state index in [9.17, 15) is 13.2 Å². The number of nitrogens with two attached hydrogens (primary N) is 1. The van der Waals surface area contributed by atoms with Gasteiger partial charge in [-0.25, -0.2) is 9.95 Å².